The minimum Gasteiger partial charge on any atom is -0.301 e. The molecule has 4 heteroatoms. The number of imidazole rings is 1. The first-order valence-corrected chi connectivity index (χ1v) is 5.41. The SMILES string of the molecule is CC#CCNCc1cnc2ccc(Cl)cn12. The van der Waals surface area contributed by atoms with E-state index in [2.05, 4.69) is 22.1 Å². The molecule has 0 saturated carbocycles. The Bertz CT molecular complexity index is 548. The van der Waals surface area contributed by atoms with E-state index in [1.165, 1.54) is 0 Å². The van der Waals surface area contributed by atoms with Crippen molar-refractivity contribution in [3.63, 3.8) is 0 Å². The second kappa shape index (κ2) is 5.02. The van der Waals surface area contributed by atoms with Crippen LogP contribution in [0.3, 0.4) is 0 Å². The highest BCUT2D eigenvalue weighted by atomic mass is 35.5. The van der Waals surface area contributed by atoms with E-state index in [1.54, 1.807) is 0 Å². The molecule has 0 aromatic carbocycles. The fourth-order valence-electron chi connectivity index (χ4n) is 1.48. The highest BCUT2D eigenvalue weighted by Gasteiger charge is 2.02. The number of rotatable bonds is 3. The third-order valence-electron chi connectivity index (χ3n) is 2.24. The number of pyridine rings is 1. The molecule has 3 nitrogen and oxygen atoms in total. The Labute approximate surface area is 99.4 Å². The maximum Gasteiger partial charge on any atom is 0.137 e. The van der Waals surface area contributed by atoms with Crippen molar-refractivity contribution in [2.75, 3.05) is 6.54 Å². The molecular formula is C12H12ClN3. The molecule has 0 saturated heterocycles. The third kappa shape index (κ3) is 2.35. The highest BCUT2D eigenvalue weighted by Crippen LogP contribution is 2.12. The maximum absolute atomic E-state index is 5.94. The minimum atomic E-state index is 0.685. The first kappa shape index (κ1) is 11.0. The van der Waals surface area contributed by atoms with Crippen molar-refractivity contribution < 1.29 is 0 Å². The standard InChI is InChI=1S/C12H12ClN3/c1-2-3-6-14-7-11-8-15-12-5-4-10(13)9-16(11)12/h4-5,8-9,14H,6-7H2,1H3. The topological polar surface area (TPSA) is 29.3 Å². The van der Waals surface area contributed by atoms with E-state index in [4.69, 9.17) is 11.6 Å². The average Bonchev–Trinajstić information content (AvgIpc) is 2.67. The van der Waals surface area contributed by atoms with E-state index in [9.17, 15) is 0 Å². The smallest absolute Gasteiger partial charge is 0.137 e. The van der Waals surface area contributed by atoms with Crippen LogP contribution in [-0.2, 0) is 6.54 Å². The van der Waals surface area contributed by atoms with Gasteiger partial charge < -0.3 is 9.72 Å². The van der Waals surface area contributed by atoms with E-state index in [1.807, 2.05) is 35.9 Å². The summed E-state index contributed by atoms with van der Waals surface area (Å²) in [4.78, 5) is 4.29. The summed E-state index contributed by atoms with van der Waals surface area (Å²) >= 11 is 5.94. The lowest BCUT2D eigenvalue weighted by atomic mass is 10.4. The minimum absolute atomic E-state index is 0.685. The Morgan fingerprint density at radius 1 is 1.50 bits per heavy atom. The lowest BCUT2D eigenvalue weighted by Crippen LogP contribution is -2.14. The molecule has 0 spiro atoms. The molecule has 0 radical (unpaired) electrons. The van der Waals surface area contributed by atoms with Gasteiger partial charge in [-0.2, -0.15) is 0 Å². The van der Waals surface area contributed by atoms with Gasteiger partial charge in [-0.1, -0.05) is 17.5 Å². The van der Waals surface area contributed by atoms with Gasteiger partial charge in [-0.15, -0.1) is 5.92 Å². The van der Waals surface area contributed by atoms with Crippen LogP contribution >= 0.6 is 11.6 Å². The predicted molar refractivity (Wildman–Crippen MR) is 65.4 cm³/mol. The normalized spacial score (nSPS) is 10.1. The van der Waals surface area contributed by atoms with Gasteiger partial charge in [-0.25, -0.2) is 4.98 Å². The van der Waals surface area contributed by atoms with E-state index in [0.717, 1.165) is 17.9 Å². The fourth-order valence-corrected chi connectivity index (χ4v) is 1.64. The number of nitrogens with one attached hydrogen (secondary N) is 1. The summed E-state index contributed by atoms with van der Waals surface area (Å²) < 4.78 is 1.98. The van der Waals surface area contributed by atoms with Crippen LogP contribution < -0.4 is 5.32 Å². The van der Waals surface area contributed by atoms with Gasteiger partial charge in [0.2, 0.25) is 0 Å². The first-order valence-electron chi connectivity index (χ1n) is 5.03. The van der Waals surface area contributed by atoms with Crippen molar-refractivity contribution in [1.29, 1.82) is 0 Å². The van der Waals surface area contributed by atoms with Crippen LogP contribution in [0.4, 0.5) is 0 Å². The quantitative estimate of drug-likeness (QED) is 0.650. The molecule has 0 aliphatic heterocycles. The van der Waals surface area contributed by atoms with Gasteiger partial charge in [-0.05, 0) is 19.1 Å². The van der Waals surface area contributed by atoms with Gasteiger partial charge in [0.1, 0.15) is 5.65 Å². The summed E-state index contributed by atoms with van der Waals surface area (Å²) in [5.74, 6) is 5.79. The summed E-state index contributed by atoms with van der Waals surface area (Å²) in [6.45, 7) is 3.25. The van der Waals surface area contributed by atoms with Crippen LogP contribution in [0.15, 0.2) is 24.5 Å². The van der Waals surface area contributed by atoms with Crippen molar-refractivity contribution in [3.8, 4) is 11.8 Å². The van der Waals surface area contributed by atoms with Crippen LogP contribution in [-0.4, -0.2) is 15.9 Å². The molecule has 2 aromatic rings. The van der Waals surface area contributed by atoms with Crippen molar-refractivity contribution in [1.82, 2.24) is 14.7 Å². The molecule has 2 rings (SSSR count). The van der Waals surface area contributed by atoms with Crippen molar-refractivity contribution in [3.05, 3.63) is 35.2 Å². The van der Waals surface area contributed by atoms with Gasteiger partial charge in [0.05, 0.1) is 23.5 Å². The molecule has 1 N–H and O–H groups in total. The van der Waals surface area contributed by atoms with Crippen molar-refractivity contribution in [2.45, 2.75) is 13.5 Å². The molecular weight excluding hydrogens is 222 g/mol. The highest BCUT2D eigenvalue weighted by molar-refractivity contribution is 6.30. The molecule has 0 fully saturated rings. The molecule has 0 atom stereocenters. The lowest BCUT2D eigenvalue weighted by Gasteiger charge is -2.02. The summed E-state index contributed by atoms with van der Waals surface area (Å²) in [6, 6.07) is 3.74. The van der Waals surface area contributed by atoms with Crippen molar-refractivity contribution >= 4 is 17.2 Å². The molecule has 2 aromatic heterocycles. The zero-order valence-electron chi connectivity index (χ0n) is 9.00. The molecule has 0 aliphatic rings. The number of aromatic nitrogens is 2. The van der Waals surface area contributed by atoms with Crippen LogP contribution in [0.2, 0.25) is 5.02 Å². The number of hydrogen-bond donors (Lipinski definition) is 1. The molecule has 2 heterocycles. The largest absolute Gasteiger partial charge is 0.301 e. The van der Waals surface area contributed by atoms with Gasteiger partial charge in [0.15, 0.2) is 0 Å². The second-order valence-corrected chi connectivity index (χ2v) is 3.79. The van der Waals surface area contributed by atoms with E-state index < -0.39 is 0 Å². The molecule has 0 amide bonds. The Balaban J connectivity index is 2.16. The Morgan fingerprint density at radius 2 is 2.38 bits per heavy atom. The second-order valence-electron chi connectivity index (χ2n) is 3.36. The molecule has 82 valence electrons. The Hall–Kier alpha value is -1.50. The Morgan fingerprint density at radius 3 is 3.19 bits per heavy atom. The summed E-state index contributed by atoms with van der Waals surface area (Å²) in [7, 11) is 0. The van der Waals surface area contributed by atoms with Crippen LogP contribution in [0.5, 0.6) is 0 Å². The predicted octanol–water partition coefficient (Wildman–Crippen LogP) is 2.10. The van der Waals surface area contributed by atoms with Gasteiger partial charge in [0, 0.05) is 12.7 Å². The van der Waals surface area contributed by atoms with Crippen molar-refractivity contribution in [2.24, 2.45) is 0 Å². The summed E-state index contributed by atoms with van der Waals surface area (Å²) in [5.41, 5.74) is 1.98. The van der Waals surface area contributed by atoms with E-state index in [0.29, 0.717) is 11.6 Å². The van der Waals surface area contributed by atoms with Gasteiger partial charge in [-0.3, -0.25) is 0 Å². The number of nitrogens with zero attached hydrogens (tertiary/aromatic N) is 2. The van der Waals surface area contributed by atoms with E-state index in [-0.39, 0.29) is 0 Å². The van der Waals surface area contributed by atoms with E-state index >= 15 is 0 Å². The zero-order valence-corrected chi connectivity index (χ0v) is 9.75. The van der Waals surface area contributed by atoms with Crippen LogP contribution in [0.25, 0.3) is 5.65 Å². The van der Waals surface area contributed by atoms with Gasteiger partial charge >= 0.3 is 0 Å². The molecule has 0 aliphatic carbocycles. The van der Waals surface area contributed by atoms with Crippen LogP contribution in [0.1, 0.15) is 12.6 Å². The maximum atomic E-state index is 5.94. The molecule has 16 heavy (non-hydrogen) atoms. The third-order valence-corrected chi connectivity index (χ3v) is 2.47. The van der Waals surface area contributed by atoms with Gasteiger partial charge in [0.25, 0.3) is 0 Å². The zero-order chi connectivity index (χ0) is 11.4. The fraction of sp³-hybridized carbons (Fsp3) is 0.250. The Kier molecular flexibility index (Phi) is 3.45. The molecule has 0 bridgehead atoms. The number of hydrogen-bond acceptors (Lipinski definition) is 2. The molecule has 0 unspecified atom stereocenters. The average molecular weight is 234 g/mol. The monoisotopic (exact) mass is 233 g/mol. The van der Waals surface area contributed by atoms with Crippen LogP contribution in [0, 0.1) is 11.8 Å². The lowest BCUT2D eigenvalue weighted by molar-refractivity contribution is 0.742. The summed E-state index contributed by atoms with van der Waals surface area (Å²) in [6.07, 6.45) is 3.71. The first-order chi connectivity index (χ1) is 7.81. The number of halogens is 1. The summed E-state index contributed by atoms with van der Waals surface area (Å²) in [5, 5.41) is 3.93. The number of fused-ring (bicyclic) bond motifs is 1.